The van der Waals surface area contributed by atoms with Crippen LogP contribution in [0.15, 0.2) is 0 Å². The van der Waals surface area contributed by atoms with Crippen LogP contribution in [0.25, 0.3) is 0 Å². The van der Waals surface area contributed by atoms with E-state index in [9.17, 15) is 0 Å². The van der Waals surface area contributed by atoms with Crippen molar-refractivity contribution in [2.45, 2.75) is 17.8 Å². The van der Waals surface area contributed by atoms with Gasteiger partial charge in [0.15, 0.2) is 0 Å². The van der Waals surface area contributed by atoms with Gasteiger partial charge in [0.1, 0.15) is 0 Å². The van der Waals surface area contributed by atoms with Crippen molar-refractivity contribution in [2.75, 3.05) is 0 Å². The van der Waals surface area contributed by atoms with Gasteiger partial charge in [0.2, 0.25) is 0 Å². The van der Waals surface area contributed by atoms with Crippen molar-refractivity contribution in [2.24, 2.45) is 0 Å². The topological polar surface area (TPSA) is 58.5 Å². The Morgan fingerprint density at radius 3 is 1.33 bits per heavy atom. The predicted octanol–water partition coefficient (Wildman–Crippen LogP) is 0.688. The van der Waals surface area contributed by atoms with Crippen LogP contribution in [0, 0.1) is 0 Å². The first kappa shape index (κ1) is 15.9. The summed E-state index contributed by atoms with van der Waals surface area (Å²) in [5.74, 6) is 0. The van der Waals surface area contributed by atoms with E-state index in [0.29, 0.717) is 0 Å². The molecule has 2 nitrogen and oxygen atoms in total. The summed E-state index contributed by atoms with van der Waals surface area (Å²) in [4.78, 5) is 0. The minimum atomic E-state index is 0. The van der Waals surface area contributed by atoms with E-state index in [1.807, 2.05) is 0 Å². The molecule has 0 saturated carbocycles. The zero-order chi connectivity index (χ0) is 3.58. The average molecular weight is 195 g/mol. The van der Waals surface area contributed by atoms with E-state index >= 15 is 0 Å². The molecule has 0 radical (unpaired) electrons. The molecule has 0 aromatic heterocycles. The summed E-state index contributed by atoms with van der Waals surface area (Å²) in [6.45, 7) is 4.41. The minimum Gasteiger partial charge on any atom is -2.00 e. The van der Waals surface area contributed by atoms with Crippen LogP contribution >= 0.6 is 0 Å². The zero-order valence-corrected chi connectivity index (χ0v) is 6.79. The summed E-state index contributed by atoms with van der Waals surface area (Å²) in [5.41, 5.74) is 0. The SMILES string of the molecule is C[CH](C)[Sn+3].[O-2].[OH-]. The van der Waals surface area contributed by atoms with Crippen molar-refractivity contribution in [3.8, 4) is 0 Å². The summed E-state index contributed by atoms with van der Waals surface area (Å²) in [5, 5.41) is 0. The normalized spacial score (nSPS) is 6.17. The van der Waals surface area contributed by atoms with Crippen molar-refractivity contribution in [3.63, 3.8) is 0 Å². The molecule has 6 heavy (non-hydrogen) atoms. The van der Waals surface area contributed by atoms with Crippen molar-refractivity contribution in [1.82, 2.24) is 0 Å². The third kappa shape index (κ3) is 126. The van der Waals surface area contributed by atoms with Crippen molar-refractivity contribution < 1.29 is 11.0 Å². The van der Waals surface area contributed by atoms with E-state index in [2.05, 4.69) is 13.8 Å². The molecule has 0 heterocycles. The first-order valence-electron chi connectivity index (χ1n) is 1.44. The van der Waals surface area contributed by atoms with E-state index in [4.69, 9.17) is 0 Å². The van der Waals surface area contributed by atoms with Crippen LogP contribution in [-0.2, 0) is 5.48 Å². The molecule has 0 fully saturated rings. The quantitative estimate of drug-likeness (QED) is 0.524. The molecule has 36 valence electrons. The molecule has 0 spiro atoms. The Morgan fingerprint density at radius 2 is 1.33 bits per heavy atom. The third-order valence-corrected chi connectivity index (χ3v) is 0. The Balaban J connectivity index is -0.0000000450. The first-order chi connectivity index (χ1) is 1.73. The second-order valence-corrected chi connectivity index (χ2v) is 4.45. The Hall–Kier alpha value is 0.719. The standard InChI is InChI=1S/C3H7.H2O.O.Sn/c1-3-2;;;/h3H,1-2H3;1H2;;/q;;-2;+3/p-1. The van der Waals surface area contributed by atoms with Gasteiger partial charge in [-0.15, -0.1) is 0 Å². The summed E-state index contributed by atoms with van der Waals surface area (Å²) in [6.07, 6.45) is 0. The van der Waals surface area contributed by atoms with E-state index in [0.717, 1.165) is 3.93 Å². The van der Waals surface area contributed by atoms with Gasteiger partial charge in [-0.2, -0.15) is 0 Å². The summed E-state index contributed by atoms with van der Waals surface area (Å²) in [7, 11) is 0. The molecule has 0 rings (SSSR count). The predicted molar refractivity (Wildman–Crippen MR) is 23.5 cm³/mol. The molecular weight excluding hydrogens is 187 g/mol. The largest absolute Gasteiger partial charge is 2.00 e. The van der Waals surface area contributed by atoms with Gasteiger partial charge in [0.25, 0.3) is 0 Å². The molecule has 0 aromatic rings. The van der Waals surface area contributed by atoms with Crippen LogP contribution in [0.3, 0.4) is 0 Å². The van der Waals surface area contributed by atoms with E-state index < -0.39 is 0 Å². The van der Waals surface area contributed by atoms with Gasteiger partial charge in [0, 0.05) is 0 Å². The van der Waals surface area contributed by atoms with Gasteiger partial charge in [0.05, 0.1) is 0 Å². The Morgan fingerprint density at radius 1 is 1.33 bits per heavy atom. The monoisotopic (exact) mass is 196 g/mol. The second kappa shape index (κ2) is 9.21. The number of hydrogen-bond acceptors (Lipinski definition) is 1. The molecule has 3 heteroatoms. The van der Waals surface area contributed by atoms with Crippen LogP contribution in [-0.4, -0.2) is 28.0 Å². The molecule has 0 atom stereocenters. The average Bonchev–Trinajstić information content (AvgIpc) is 0.811. The molecule has 0 bridgehead atoms. The Labute approximate surface area is 51.6 Å². The van der Waals surface area contributed by atoms with Crippen LogP contribution in [0.1, 0.15) is 13.8 Å². The molecule has 0 saturated heterocycles. The fourth-order valence-electron chi connectivity index (χ4n) is 0. The van der Waals surface area contributed by atoms with Crippen molar-refractivity contribution in [3.05, 3.63) is 0 Å². The Bertz CT molecular complexity index is 13.5. The first-order valence-corrected chi connectivity index (χ1v) is 3.09. The van der Waals surface area contributed by atoms with Crippen molar-refractivity contribution in [1.29, 1.82) is 0 Å². The molecule has 0 unspecified atom stereocenters. The molecule has 1 N–H and O–H groups in total. The molecule has 0 aliphatic heterocycles. The van der Waals surface area contributed by atoms with Gasteiger partial charge >= 0.3 is 40.3 Å². The maximum Gasteiger partial charge on any atom is -0.870 e. The van der Waals surface area contributed by atoms with Crippen LogP contribution in [0.4, 0.5) is 0 Å². The van der Waals surface area contributed by atoms with Gasteiger partial charge in [-0.3, -0.25) is 0 Å². The maximum absolute atomic E-state index is 2.21. The molecule has 0 amide bonds. The molecule has 0 aromatic carbocycles. The molecule has 0 aliphatic rings. The summed E-state index contributed by atoms with van der Waals surface area (Å²) in [6, 6.07) is 0. The van der Waals surface area contributed by atoms with Crippen LogP contribution < -0.4 is 0 Å². The zero-order valence-electron chi connectivity index (χ0n) is 3.93. The summed E-state index contributed by atoms with van der Waals surface area (Å²) >= 11 is 1.64. The van der Waals surface area contributed by atoms with Gasteiger partial charge in [-0.05, 0) is 0 Å². The second-order valence-electron chi connectivity index (χ2n) is 1.15. The van der Waals surface area contributed by atoms with Gasteiger partial charge in [-0.1, -0.05) is 0 Å². The van der Waals surface area contributed by atoms with Gasteiger partial charge < -0.3 is 11.0 Å². The fourth-order valence-corrected chi connectivity index (χ4v) is 0. The van der Waals surface area contributed by atoms with E-state index in [1.165, 1.54) is 0 Å². The molecular formula is C3H8O2Sn. The fraction of sp³-hybridized carbons (Fsp3) is 1.00. The van der Waals surface area contributed by atoms with Crippen LogP contribution in [0.2, 0.25) is 3.93 Å². The Kier molecular flexibility index (Phi) is 24.4. The van der Waals surface area contributed by atoms with Crippen LogP contribution in [0.5, 0.6) is 0 Å². The van der Waals surface area contributed by atoms with Crippen molar-refractivity contribution >= 4 is 22.5 Å². The third-order valence-electron chi connectivity index (χ3n) is 0. The molecule has 0 aliphatic carbocycles. The van der Waals surface area contributed by atoms with Gasteiger partial charge in [-0.25, -0.2) is 0 Å². The minimum absolute atomic E-state index is 0. The number of hydrogen-bond donors (Lipinski definition) is 0. The smallest absolute Gasteiger partial charge is 0.870 e. The number of rotatable bonds is 0. The summed E-state index contributed by atoms with van der Waals surface area (Å²) < 4.78 is 0.923. The van der Waals surface area contributed by atoms with E-state index in [-0.39, 0.29) is 11.0 Å². The maximum atomic E-state index is 2.21. The van der Waals surface area contributed by atoms with E-state index in [1.54, 1.807) is 22.5 Å².